The Morgan fingerprint density at radius 2 is 1.97 bits per heavy atom. The number of carbonyl (C=O) groups excluding carboxylic acids is 2. The molecule has 0 aliphatic heterocycles. The fourth-order valence-corrected chi connectivity index (χ4v) is 2.77. The molecule has 1 amide bonds. The van der Waals surface area contributed by atoms with Crippen molar-refractivity contribution < 1.29 is 27.8 Å². The number of hydrogen-bond acceptors (Lipinski definition) is 5. The highest BCUT2D eigenvalue weighted by molar-refractivity contribution is 6.00. The number of rotatable bonds is 8. The first-order valence-corrected chi connectivity index (χ1v) is 8.96. The molecule has 0 bridgehead atoms. The maximum Gasteiger partial charge on any atom is 0.349 e. The minimum absolute atomic E-state index is 0.00879. The number of benzene rings is 1. The van der Waals surface area contributed by atoms with Gasteiger partial charge in [-0.25, -0.2) is 13.6 Å². The second-order valence-corrected chi connectivity index (χ2v) is 6.39. The van der Waals surface area contributed by atoms with Crippen molar-refractivity contribution in [3.8, 4) is 6.07 Å². The van der Waals surface area contributed by atoms with Gasteiger partial charge in [0, 0.05) is 36.8 Å². The zero-order valence-electron chi connectivity index (χ0n) is 16.8. The van der Waals surface area contributed by atoms with Crippen LogP contribution in [0.15, 0.2) is 29.8 Å². The van der Waals surface area contributed by atoms with Crippen molar-refractivity contribution in [2.24, 2.45) is 0 Å². The molecule has 7 nitrogen and oxygen atoms in total. The largest absolute Gasteiger partial charge is 0.451 e. The van der Waals surface area contributed by atoms with Gasteiger partial charge in [0.1, 0.15) is 11.6 Å². The van der Waals surface area contributed by atoms with E-state index in [1.807, 2.05) is 24.5 Å². The third-order valence-corrected chi connectivity index (χ3v) is 4.31. The van der Waals surface area contributed by atoms with Crippen LogP contribution < -0.4 is 5.32 Å². The van der Waals surface area contributed by atoms with E-state index in [2.05, 4.69) is 5.32 Å². The first-order chi connectivity index (χ1) is 14.3. The molecule has 0 radical (unpaired) electrons. The van der Waals surface area contributed by atoms with Gasteiger partial charge in [0.25, 0.3) is 5.91 Å². The molecule has 2 aromatic rings. The molecular formula is C21H21F2N3O4. The summed E-state index contributed by atoms with van der Waals surface area (Å²) < 4.78 is 38.0. The summed E-state index contributed by atoms with van der Waals surface area (Å²) in [4.78, 5) is 24.0. The summed E-state index contributed by atoms with van der Waals surface area (Å²) in [5.41, 5.74) is 2.19. The van der Waals surface area contributed by atoms with Gasteiger partial charge in [-0.1, -0.05) is 0 Å². The molecule has 0 unspecified atom stereocenters. The molecule has 0 spiro atoms. The normalized spacial score (nSPS) is 11.1. The molecule has 0 aliphatic carbocycles. The molecule has 0 aliphatic rings. The molecular weight excluding hydrogens is 396 g/mol. The molecule has 0 fully saturated rings. The van der Waals surface area contributed by atoms with E-state index in [0.717, 1.165) is 29.6 Å². The maximum absolute atomic E-state index is 13.2. The number of aromatic nitrogens is 1. The van der Waals surface area contributed by atoms with E-state index in [-0.39, 0.29) is 11.3 Å². The number of methoxy groups -OCH3 is 1. The van der Waals surface area contributed by atoms with E-state index in [1.54, 1.807) is 13.2 Å². The lowest BCUT2D eigenvalue weighted by atomic mass is 10.1. The lowest BCUT2D eigenvalue weighted by Crippen LogP contribution is -2.21. The zero-order valence-corrected chi connectivity index (χ0v) is 16.8. The maximum atomic E-state index is 13.2. The van der Waals surface area contributed by atoms with Crippen LogP contribution in [0.25, 0.3) is 6.08 Å². The highest BCUT2D eigenvalue weighted by atomic mass is 19.2. The summed E-state index contributed by atoms with van der Waals surface area (Å²) in [6.07, 6.45) is 1.39. The van der Waals surface area contributed by atoms with Gasteiger partial charge in [0.05, 0.1) is 6.61 Å². The van der Waals surface area contributed by atoms with E-state index in [0.29, 0.717) is 18.7 Å². The summed E-state index contributed by atoms with van der Waals surface area (Å²) in [5, 5.41) is 11.6. The van der Waals surface area contributed by atoms with Crippen LogP contribution in [0.2, 0.25) is 0 Å². The van der Waals surface area contributed by atoms with Crippen LogP contribution in [0.1, 0.15) is 17.0 Å². The lowest BCUT2D eigenvalue weighted by molar-refractivity contribution is -0.142. The molecule has 0 atom stereocenters. The van der Waals surface area contributed by atoms with Gasteiger partial charge in [-0.15, -0.1) is 0 Å². The van der Waals surface area contributed by atoms with E-state index in [4.69, 9.17) is 9.47 Å². The fraction of sp³-hybridized carbons (Fsp3) is 0.286. The Kier molecular flexibility index (Phi) is 7.83. The second kappa shape index (κ2) is 10.3. The second-order valence-electron chi connectivity index (χ2n) is 6.39. The molecule has 30 heavy (non-hydrogen) atoms. The van der Waals surface area contributed by atoms with Crippen LogP contribution in [-0.4, -0.2) is 36.8 Å². The number of ether oxygens (including phenoxy) is 2. The highest BCUT2D eigenvalue weighted by Gasteiger charge is 2.16. The Morgan fingerprint density at radius 1 is 1.23 bits per heavy atom. The predicted molar refractivity (Wildman–Crippen MR) is 105 cm³/mol. The van der Waals surface area contributed by atoms with Gasteiger partial charge < -0.3 is 19.4 Å². The molecule has 1 aromatic heterocycles. The van der Waals surface area contributed by atoms with Crippen LogP contribution >= 0.6 is 0 Å². The number of nitrogens with one attached hydrogen (secondary N) is 1. The predicted octanol–water partition coefficient (Wildman–Crippen LogP) is 3.12. The monoisotopic (exact) mass is 417 g/mol. The number of amides is 1. The molecule has 2 rings (SSSR count). The average Bonchev–Trinajstić information content (AvgIpc) is 2.98. The number of halogens is 2. The van der Waals surface area contributed by atoms with Crippen LogP contribution in [0.4, 0.5) is 14.5 Å². The number of aryl methyl sites for hydroxylation is 1. The molecule has 9 heteroatoms. The van der Waals surface area contributed by atoms with E-state index in [1.165, 1.54) is 6.08 Å². The molecule has 0 saturated carbocycles. The Balaban J connectivity index is 2.03. The third kappa shape index (κ3) is 5.75. The van der Waals surface area contributed by atoms with Crippen molar-refractivity contribution in [3.63, 3.8) is 0 Å². The summed E-state index contributed by atoms with van der Waals surface area (Å²) in [6.45, 7) is 4.19. The van der Waals surface area contributed by atoms with Gasteiger partial charge in [-0.05, 0) is 43.7 Å². The van der Waals surface area contributed by atoms with Crippen molar-refractivity contribution in [2.75, 3.05) is 25.6 Å². The molecule has 1 heterocycles. The summed E-state index contributed by atoms with van der Waals surface area (Å²) >= 11 is 0. The van der Waals surface area contributed by atoms with Crippen molar-refractivity contribution in [2.45, 2.75) is 20.4 Å². The van der Waals surface area contributed by atoms with Crippen molar-refractivity contribution >= 4 is 23.6 Å². The summed E-state index contributed by atoms with van der Waals surface area (Å²) in [7, 11) is 1.60. The average molecular weight is 417 g/mol. The number of hydrogen-bond donors (Lipinski definition) is 1. The van der Waals surface area contributed by atoms with E-state index in [9.17, 15) is 23.6 Å². The van der Waals surface area contributed by atoms with Gasteiger partial charge >= 0.3 is 5.97 Å². The Bertz CT molecular complexity index is 1020. The molecule has 1 aromatic carbocycles. The van der Waals surface area contributed by atoms with Crippen LogP contribution in [0.5, 0.6) is 0 Å². The number of nitriles is 1. The third-order valence-electron chi connectivity index (χ3n) is 4.31. The van der Waals surface area contributed by atoms with Crippen LogP contribution in [-0.2, 0) is 25.6 Å². The molecule has 1 N–H and O–H groups in total. The fourth-order valence-electron chi connectivity index (χ4n) is 2.77. The Labute approximate surface area is 172 Å². The lowest BCUT2D eigenvalue weighted by Gasteiger charge is -2.08. The Morgan fingerprint density at radius 3 is 2.60 bits per heavy atom. The summed E-state index contributed by atoms with van der Waals surface area (Å²) in [6, 6.07) is 6.41. The minimum Gasteiger partial charge on any atom is -0.451 e. The van der Waals surface area contributed by atoms with Gasteiger partial charge in [0.2, 0.25) is 0 Å². The summed E-state index contributed by atoms with van der Waals surface area (Å²) in [5.74, 6) is -3.91. The van der Waals surface area contributed by atoms with E-state index < -0.39 is 30.1 Å². The van der Waals surface area contributed by atoms with Gasteiger partial charge in [-0.3, -0.25) is 4.79 Å². The standard InChI is InChI=1S/C21H21F2N3O4/c1-13-8-15(14(2)26(13)6-7-29-3)9-16(11-24)21(28)30-12-20(27)25-17-4-5-18(22)19(23)10-17/h4-5,8-10H,6-7,12H2,1-3H3,(H,25,27)/b16-9+. The van der Waals surface area contributed by atoms with E-state index >= 15 is 0 Å². The smallest absolute Gasteiger partial charge is 0.349 e. The zero-order chi connectivity index (χ0) is 22.3. The van der Waals surface area contributed by atoms with Gasteiger partial charge in [-0.2, -0.15) is 5.26 Å². The van der Waals surface area contributed by atoms with Gasteiger partial charge in [0.15, 0.2) is 18.2 Å². The quantitative estimate of drug-likeness (QED) is 0.405. The van der Waals surface area contributed by atoms with Crippen LogP contribution in [0, 0.1) is 36.8 Å². The van der Waals surface area contributed by atoms with Crippen molar-refractivity contribution in [1.82, 2.24) is 4.57 Å². The van der Waals surface area contributed by atoms with Crippen molar-refractivity contribution in [1.29, 1.82) is 5.26 Å². The van der Waals surface area contributed by atoms with Crippen LogP contribution in [0.3, 0.4) is 0 Å². The topological polar surface area (TPSA) is 93.3 Å². The minimum atomic E-state index is -1.12. The number of anilines is 1. The first-order valence-electron chi connectivity index (χ1n) is 8.96. The highest BCUT2D eigenvalue weighted by Crippen LogP contribution is 2.19. The van der Waals surface area contributed by atoms with Crippen molar-refractivity contribution in [3.05, 3.63) is 58.4 Å². The molecule has 0 saturated heterocycles. The Hall–Kier alpha value is -3.51. The first kappa shape index (κ1) is 22.8. The molecule has 158 valence electrons. The number of carbonyl (C=O) groups is 2. The SMILES string of the molecule is COCCn1c(C)cc(/C=C(\C#N)C(=O)OCC(=O)Nc2ccc(F)c(F)c2)c1C. The number of nitrogens with zero attached hydrogens (tertiary/aromatic N) is 2. The number of esters is 1.